The van der Waals surface area contributed by atoms with Gasteiger partial charge >= 0.3 is 5.97 Å². The molecule has 0 aromatic heterocycles. The van der Waals surface area contributed by atoms with Gasteiger partial charge in [0.1, 0.15) is 6.10 Å². The summed E-state index contributed by atoms with van der Waals surface area (Å²) < 4.78 is 10.1. The first-order valence-electron chi connectivity index (χ1n) is 5.10. The molecule has 4 nitrogen and oxygen atoms in total. The fourth-order valence-corrected chi connectivity index (χ4v) is 1.37. The number of methoxy groups -OCH3 is 1. The monoisotopic (exact) mass is 223 g/mol. The summed E-state index contributed by atoms with van der Waals surface area (Å²) in [7, 11) is 1.57. The number of hydrogen-bond acceptors (Lipinski definition) is 4. The van der Waals surface area contributed by atoms with Crippen molar-refractivity contribution in [3.63, 3.8) is 0 Å². The van der Waals surface area contributed by atoms with Gasteiger partial charge in [-0.2, -0.15) is 0 Å². The lowest BCUT2D eigenvalue weighted by Gasteiger charge is -2.13. The van der Waals surface area contributed by atoms with Gasteiger partial charge < -0.3 is 15.2 Å². The highest BCUT2D eigenvalue weighted by molar-refractivity contribution is 5.92. The summed E-state index contributed by atoms with van der Waals surface area (Å²) in [5.41, 5.74) is 7.53. The molecular weight excluding hydrogens is 206 g/mol. The molecule has 0 amide bonds. The summed E-state index contributed by atoms with van der Waals surface area (Å²) in [6, 6.07) is 5.18. The van der Waals surface area contributed by atoms with Gasteiger partial charge in [0.25, 0.3) is 0 Å². The van der Waals surface area contributed by atoms with Crippen LogP contribution in [-0.4, -0.2) is 25.8 Å². The molecule has 0 aliphatic rings. The number of aryl methyl sites for hydroxylation is 1. The lowest BCUT2D eigenvalue weighted by atomic mass is 10.1. The Morgan fingerprint density at radius 3 is 2.81 bits per heavy atom. The molecule has 0 saturated carbocycles. The standard InChI is InChI=1S/C12H17NO3/c1-8-4-5-10(13)6-11(8)12(14)16-9(2)7-15-3/h4-6,9H,7,13H2,1-3H3. The van der Waals surface area contributed by atoms with Crippen molar-refractivity contribution in [2.45, 2.75) is 20.0 Å². The molecule has 4 heteroatoms. The molecule has 1 aromatic rings. The molecule has 0 saturated heterocycles. The number of ether oxygens (including phenoxy) is 2. The van der Waals surface area contributed by atoms with Crippen LogP contribution in [-0.2, 0) is 9.47 Å². The van der Waals surface area contributed by atoms with Crippen molar-refractivity contribution in [3.8, 4) is 0 Å². The normalized spacial score (nSPS) is 12.2. The highest BCUT2D eigenvalue weighted by Crippen LogP contribution is 2.14. The zero-order valence-electron chi connectivity index (χ0n) is 9.82. The molecule has 0 aliphatic heterocycles. The Morgan fingerprint density at radius 2 is 2.19 bits per heavy atom. The first kappa shape index (κ1) is 12.5. The van der Waals surface area contributed by atoms with Crippen LogP contribution in [0.2, 0.25) is 0 Å². The largest absolute Gasteiger partial charge is 0.457 e. The van der Waals surface area contributed by atoms with Crippen LogP contribution in [0.25, 0.3) is 0 Å². The minimum absolute atomic E-state index is 0.265. The Bertz CT molecular complexity index is 377. The number of esters is 1. The topological polar surface area (TPSA) is 61.5 Å². The second kappa shape index (κ2) is 5.51. The number of anilines is 1. The van der Waals surface area contributed by atoms with Gasteiger partial charge in [0.15, 0.2) is 0 Å². The maximum atomic E-state index is 11.8. The van der Waals surface area contributed by atoms with Crippen molar-refractivity contribution in [2.24, 2.45) is 0 Å². The fraction of sp³-hybridized carbons (Fsp3) is 0.417. The Morgan fingerprint density at radius 1 is 1.50 bits per heavy atom. The molecule has 1 unspecified atom stereocenters. The lowest BCUT2D eigenvalue weighted by molar-refractivity contribution is 0.0119. The van der Waals surface area contributed by atoms with Crippen LogP contribution in [0.1, 0.15) is 22.8 Å². The quantitative estimate of drug-likeness (QED) is 0.624. The van der Waals surface area contributed by atoms with Crippen LogP contribution >= 0.6 is 0 Å². The Kier molecular flexibility index (Phi) is 4.31. The third kappa shape index (κ3) is 3.24. The van der Waals surface area contributed by atoms with Crippen LogP contribution in [0.3, 0.4) is 0 Å². The maximum Gasteiger partial charge on any atom is 0.338 e. The van der Waals surface area contributed by atoms with Gasteiger partial charge in [0.2, 0.25) is 0 Å². The molecule has 16 heavy (non-hydrogen) atoms. The van der Waals surface area contributed by atoms with E-state index in [4.69, 9.17) is 15.2 Å². The van der Waals surface area contributed by atoms with E-state index in [1.807, 2.05) is 6.92 Å². The van der Waals surface area contributed by atoms with E-state index in [1.165, 1.54) is 0 Å². The highest BCUT2D eigenvalue weighted by Gasteiger charge is 2.14. The third-order valence-electron chi connectivity index (χ3n) is 2.19. The van der Waals surface area contributed by atoms with Crippen LogP contribution in [0.15, 0.2) is 18.2 Å². The first-order chi connectivity index (χ1) is 7.54. The van der Waals surface area contributed by atoms with Crippen LogP contribution < -0.4 is 5.73 Å². The van der Waals surface area contributed by atoms with Crippen LogP contribution in [0.4, 0.5) is 5.69 Å². The van der Waals surface area contributed by atoms with E-state index < -0.39 is 0 Å². The van der Waals surface area contributed by atoms with Crippen molar-refractivity contribution in [1.29, 1.82) is 0 Å². The third-order valence-corrected chi connectivity index (χ3v) is 2.19. The molecule has 0 radical (unpaired) electrons. The van der Waals surface area contributed by atoms with E-state index in [0.717, 1.165) is 5.56 Å². The maximum absolute atomic E-state index is 11.8. The molecule has 0 aliphatic carbocycles. The van der Waals surface area contributed by atoms with Crippen molar-refractivity contribution in [3.05, 3.63) is 29.3 Å². The summed E-state index contributed by atoms with van der Waals surface area (Å²) in [6.45, 7) is 4.01. The molecular formula is C12H17NO3. The molecule has 88 valence electrons. The van der Waals surface area contributed by atoms with E-state index >= 15 is 0 Å². The van der Waals surface area contributed by atoms with E-state index in [1.54, 1.807) is 32.2 Å². The SMILES string of the molecule is COCC(C)OC(=O)c1cc(N)ccc1C. The number of benzene rings is 1. The highest BCUT2D eigenvalue weighted by atomic mass is 16.6. The van der Waals surface area contributed by atoms with Crippen LogP contribution in [0, 0.1) is 6.92 Å². The van der Waals surface area contributed by atoms with Crippen molar-refractivity contribution in [1.82, 2.24) is 0 Å². The minimum Gasteiger partial charge on any atom is -0.457 e. The molecule has 1 atom stereocenters. The first-order valence-corrected chi connectivity index (χ1v) is 5.10. The molecule has 1 aromatic carbocycles. The van der Waals surface area contributed by atoms with Gasteiger partial charge in [-0.25, -0.2) is 4.79 Å². The Balaban J connectivity index is 2.76. The summed E-state index contributed by atoms with van der Waals surface area (Å²) in [5.74, 6) is -0.366. The van der Waals surface area contributed by atoms with E-state index in [0.29, 0.717) is 17.9 Å². The molecule has 0 spiro atoms. The Labute approximate surface area is 95.3 Å². The lowest BCUT2D eigenvalue weighted by Crippen LogP contribution is -2.20. The molecule has 0 bridgehead atoms. The van der Waals surface area contributed by atoms with E-state index in [9.17, 15) is 4.79 Å². The van der Waals surface area contributed by atoms with Crippen molar-refractivity contribution >= 4 is 11.7 Å². The fourth-order valence-electron chi connectivity index (χ4n) is 1.37. The minimum atomic E-state index is -0.366. The van der Waals surface area contributed by atoms with Gasteiger partial charge in [-0.1, -0.05) is 6.07 Å². The number of nitrogen functional groups attached to an aromatic ring is 1. The zero-order chi connectivity index (χ0) is 12.1. The summed E-state index contributed by atoms with van der Waals surface area (Å²) in [4.78, 5) is 11.8. The van der Waals surface area contributed by atoms with Crippen molar-refractivity contribution in [2.75, 3.05) is 19.5 Å². The molecule has 2 N–H and O–H groups in total. The predicted octanol–water partition coefficient (Wildman–Crippen LogP) is 1.77. The number of carbonyl (C=O) groups excluding carboxylic acids is 1. The zero-order valence-corrected chi connectivity index (χ0v) is 9.82. The summed E-state index contributed by atoms with van der Waals surface area (Å²) in [5, 5.41) is 0. The van der Waals surface area contributed by atoms with Gasteiger partial charge in [0, 0.05) is 12.8 Å². The molecule has 0 heterocycles. The Hall–Kier alpha value is -1.55. The smallest absolute Gasteiger partial charge is 0.338 e. The van der Waals surface area contributed by atoms with Gasteiger partial charge in [-0.3, -0.25) is 0 Å². The number of carbonyl (C=O) groups is 1. The second-order valence-corrected chi connectivity index (χ2v) is 3.75. The average molecular weight is 223 g/mol. The molecule has 0 fully saturated rings. The number of nitrogens with two attached hydrogens (primary N) is 1. The average Bonchev–Trinajstić information content (AvgIpc) is 2.21. The van der Waals surface area contributed by atoms with Crippen molar-refractivity contribution < 1.29 is 14.3 Å². The summed E-state index contributed by atoms with van der Waals surface area (Å²) >= 11 is 0. The van der Waals surface area contributed by atoms with Gasteiger partial charge in [-0.15, -0.1) is 0 Å². The summed E-state index contributed by atoms with van der Waals surface area (Å²) in [6.07, 6.45) is -0.265. The molecule has 1 rings (SSSR count). The number of rotatable bonds is 4. The van der Waals surface area contributed by atoms with E-state index in [2.05, 4.69) is 0 Å². The van der Waals surface area contributed by atoms with Gasteiger partial charge in [0.05, 0.1) is 12.2 Å². The van der Waals surface area contributed by atoms with Gasteiger partial charge in [-0.05, 0) is 31.5 Å². The second-order valence-electron chi connectivity index (χ2n) is 3.75. The van der Waals surface area contributed by atoms with Crippen LogP contribution in [0.5, 0.6) is 0 Å². The predicted molar refractivity (Wildman–Crippen MR) is 62.3 cm³/mol. The van der Waals surface area contributed by atoms with E-state index in [-0.39, 0.29) is 12.1 Å². The number of hydrogen-bond donors (Lipinski definition) is 1.